The minimum Gasteiger partial charge on any atom is -0.385 e. The van der Waals surface area contributed by atoms with Gasteiger partial charge in [-0.1, -0.05) is 0 Å². The predicted molar refractivity (Wildman–Crippen MR) is 56.1 cm³/mol. The molecule has 0 unspecified atom stereocenters. The second-order valence-electron chi connectivity index (χ2n) is 3.05. The van der Waals surface area contributed by atoms with Crippen molar-refractivity contribution in [1.29, 1.82) is 0 Å². The predicted octanol–water partition coefficient (Wildman–Crippen LogP) is 0.212. The summed E-state index contributed by atoms with van der Waals surface area (Å²) in [6.45, 7) is 2.45. The molecule has 15 heavy (non-hydrogen) atoms. The van der Waals surface area contributed by atoms with Crippen molar-refractivity contribution in [2.24, 2.45) is 0 Å². The van der Waals surface area contributed by atoms with Crippen molar-refractivity contribution in [1.82, 2.24) is 5.32 Å². The van der Waals surface area contributed by atoms with Gasteiger partial charge in [-0.15, -0.1) is 0 Å². The molecule has 0 radical (unpaired) electrons. The first kappa shape index (κ1) is 14.8. The van der Waals surface area contributed by atoms with E-state index in [9.17, 15) is 8.42 Å². The Kier molecular flexibility index (Phi) is 8.92. The molecule has 6 nitrogen and oxygen atoms in total. The molecule has 0 aromatic heterocycles. The van der Waals surface area contributed by atoms with Crippen LogP contribution >= 0.6 is 0 Å². The number of hydrogen-bond acceptors (Lipinski definition) is 5. The summed E-state index contributed by atoms with van der Waals surface area (Å²) in [5.41, 5.74) is 0. The van der Waals surface area contributed by atoms with Crippen LogP contribution in [0.15, 0.2) is 0 Å². The van der Waals surface area contributed by atoms with E-state index >= 15 is 0 Å². The molecule has 0 aliphatic carbocycles. The Morgan fingerprint density at radius 3 is 2.40 bits per heavy atom. The molecular formula is C8H19NO5S. The molecule has 0 heterocycles. The van der Waals surface area contributed by atoms with Crippen LogP contribution in [0, 0.1) is 0 Å². The molecule has 0 aromatic rings. The van der Waals surface area contributed by atoms with Crippen LogP contribution in [0.4, 0.5) is 0 Å². The smallest absolute Gasteiger partial charge is 0.385 e. The van der Waals surface area contributed by atoms with Crippen LogP contribution < -0.4 is 5.32 Å². The summed E-state index contributed by atoms with van der Waals surface area (Å²) in [6, 6.07) is 0. The molecule has 0 bridgehead atoms. The number of hydrogen-bond donors (Lipinski definition) is 2. The molecular weight excluding hydrogens is 222 g/mol. The first-order chi connectivity index (χ1) is 7.06. The molecule has 7 heteroatoms. The molecule has 0 saturated carbocycles. The third-order valence-electron chi connectivity index (χ3n) is 1.68. The lowest BCUT2D eigenvalue weighted by Crippen LogP contribution is -2.18. The summed E-state index contributed by atoms with van der Waals surface area (Å²) in [4.78, 5) is 0. The average molecular weight is 241 g/mol. The van der Waals surface area contributed by atoms with Gasteiger partial charge in [-0.25, -0.2) is 4.18 Å². The van der Waals surface area contributed by atoms with Gasteiger partial charge in [0, 0.05) is 13.7 Å². The highest BCUT2D eigenvalue weighted by molar-refractivity contribution is 7.80. The number of rotatable bonds is 10. The largest absolute Gasteiger partial charge is 0.397 e. The Bertz CT molecular complexity index is 229. The lowest BCUT2D eigenvalue weighted by atomic mass is 10.3. The van der Waals surface area contributed by atoms with Gasteiger partial charge in [0.05, 0.1) is 6.61 Å². The first-order valence-electron chi connectivity index (χ1n) is 4.88. The molecule has 0 aliphatic heterocycles. The van der Waals surface area contributed by atoms with Gasteiger partial charge in [0.2, 0.25) is 0 Å². The van der Waals surface area contributed by atoms with E-state index in [1.165, 1.54) is 0 Å². The zero-order valence-corrected chi connectivity index (χ0v) is 9.75. The topological polar surface area (TPSA) is 84.9 Å². The van der Waals surface area contributed by atoms with Crippen LogP contribution in [0.3, 0.4) is 0 Å². The van der Waals surface area contributed by atoms with Crippen LogP contribution in [0.25, 0.3) is 0 Å². The van der Waals surface area contributed by atoms with Gasteiger partial charge in [0.25, 0.3) is 0 Å². The number of ether oxygens (including phenoxy) is 1. The van der Waals surface area contributed by atoms with Crippen LogP contribution in [0.1, 0.15) is 19.3 Å². The molecule has 0 aromatic carbocycles. The summed E-state index contributed by atoms with van der Waals surface area (Å²) in [7, 11) is -2.61. The van der Waals surface area contributed by atoms with Gasteiger partial charge in [-0.2, -0.15) is 8.42 Å². The van der Waals surface area contributed by atoms with Crippen LogP contribution in [0.5, 0.6) is 0 Å². The van der Waals surface area contributed by atoms with Gasteiger partial charge in [-0.3, -0.25) is 4.55 Å². The maximum atomic E-state index is 10.1. The normalized spacial score (nSPS) is 11.9. The highest BCUT2D eigenvalue weighted by atomic mass is 32.3. The maximum absolute atomic E-state index is 10.1. The van der Waals surface area contributed by atoms with E-state index in [1.54, 1.807) is 7.11 Å². The van der Waals surface area contributed by atoms with E-state index in [0.717, 1.165) is 32.5 Å². The Morgan fingerprint density at radius 2 is 1.80 bits per heavy atom. The molecule has 0 spiro atoms. The van der Waals surface area contributed by atoms with Crippen molar-refractivity contribution in [3.05, 3.63) is 0 Å². The highest BCUT2D eigenvalue weighted by Crippen LogP contribution is 1.92. The third-order valence-corrected chi connectivity index (χ3v) is 2.15. The van der Waals surface area contributed by atoms with Gasteiger partial charge in [0.1, 0.15) is 0 Å². The monoisotopic (exact) mass is 241 g/mol. The van der Waals surface area contributed by atoms with E-state index in [1.807, 2.05) is 0 Å². The van der Waals surface area contributed by atoms with Gasteiger partial charge in [-0.05, 0) is 32.4 Å². The van der Waals surface area contributed by atoms with Crippen molar-refractivity contribution in [2.75, 3.05) is 33.4 Å². The van der Waals surface area contributed by atoms with E-state index in [-0.39, 0.29) is 6.61 Å². The van der Waals surface area contributed by atoms with Crippen molar-refractivity contribution >= 4 is 10.4 Å². The second-order valence-corrected chi connectivity index (χ2v) is 4.14. The fourth-order valence-electron chi connectivity index (χ4n) is 0.983. The van der Waals surface area contributed by atoms with Gasteiger partial charge < -0.3 is 10.1 Å². The van der Waals surface area contributed by atoms with Crippen LogP contribution in [-0.2, 0) is 19.3 Å². The van der Waals surface area contributed by atoms with Crippen LogP contribution in [-0.4, -0.2) is 46.4 Å². The summed E-state index contributed by atoms with van der Waals surface area (Å²) in [5.74, 6) is 0. The molecule has 0 amide bonds. The van der Waals surface area contributed by atoms with E-state index in [0.29, 0.717) is 6.42 Å². The summed E-state index contributed by atoms with van der Waals surface area (Å²) >= 11 is 0. The van der Waals surface area contributed by atoms with Crippen molar-refractivity contribution in [2.45, 2.75) is 19.3 Å². The second kappa shape index (κ2) is 9.05. The first-order valence-corrected chi connectivity index (χ1v) is 6.24. The van der Waals surface area contributed by atoms with Crippen molar-refractivity contribution in [3.63, 3.8) is 0 Å². The minimum absolute atomic E-state index is 0.0264. The van der Waals surface area contributed by atoms with Gasteiger partial charge >= 0.3 is 10.4 Å². The van der Waals surface area contributed by atoms with Gasteiger partial charge in [0.15, 0.2) is 0 Å². The SMILES string of the molecule is COCCCNCCCCOS(=O)(=O)O. The Hall–Kier alpha value is -0.210. The zero-order valence-electron chi connectivity index (χ0n) is 8.94. The fourth-order valence-corrected chi connectivity index (χ4v) is 1.31. The Labute approximate surface area is 90.9 Å². The van der Waals surface area contributed by atoms with E-state index in [2.05, 4.69) is 9.50 Å². The molecule has 2 N–H and O–H groups in total. The Morgan fingerprint density at radius 1 is 1.13 bits per heavy atom. The number of nitrogens with one attached hydrogen (secondary N) is 1. The fraction of sp³-hybridized carbons (Fsp3) is 1.00. The Balaban J connectivity index is 3.06. The van der Waals surface area contributed by atoms with E-state index < -0.39 is 10.4 Å². The highest BCUT2D eigenvalue weighted by Gasteiger charge is 2.02. The molecule has 0 fully saturated rings. The lowest BCUT2D eigenvalue weighted by molar-refractivity contribution is 0.194. The summed E-state index contributed by atoms with van der Waals surface area (Å²) in [5, 5.41) is 3.17. The zero-order chi connectivity index (χ0) is 11.6. The molecule has 0 atom stereocenters. The standard InChI is InChI=1S/C8H19NO5S/c1-13-7-4-6-9-5-2-3-8-14-15(10,11)12/h9H,2-8H2,1H3,(H,10,11,12). The minimum atomic E-state index is -4.27. The number of methoxy groups -OCH3 is 1. The molecule has 0 rings (SSSR count). The summed E-state index contributed by atoms with van der Waals surface area (Å²) < 4.78 is 37.5. The number of unbranched alkanes of at least 4 members (excludes halogenated alkanes) is 1. The van der Waals surface area contributed by atoms with E-state index in [4.69, 9.17) is 9.29 Å². The molecule has 0 aliphatic rings. The van der Waals surface area contributed by atoms with Crippen LogP contribution in [0.2, 0.25) is 0 Å². The third kappa shape index (κ3) is 13.8. The summed E-state index contributed by atoms with van der Waals surface area (Å²) in [6.07, 6.45) is 2.36. The quantitative estimate of drug-likeness (QED) is 0.420. The average Bonchev–Trinajstić information content (AvgIpc) is 2.14. The maximum Gasteiger partial charge on any atom is 0.397 e. The van der Waals surface area contributed by atoms with Crippen molar-refractivity contribution < 1.29 is 21.9 Å². The molecule has 0 saturated heterocycles. The lowest BCUT2D eigenvalue weighted by Gasteiger charge is -2.03. The van der Waals surface area contributed by atoms with Crippen molar-refractivity contribution in [3.8, 4) is 0 Å². The molecule has 92 valence electrons.